The monoisotopic (exact) mass is 268 g/mol. The Kier molecular flexibility index (Phi) is 4.69. The summed E-state index contributed by atoms with van der Waals surface area (Å²) in [5, 5.41) is 18.8. The smallest absolute Gasteiger partial charge is 0.307 e. The van der Waals surface area contributed by atoms with Gasteiger partial charge in [-0.2, -0.15) is 0 Å². The molecule has 4 heteroatoms. The molecule has 0 aromatic heterocycles. The Morgan fingerprint density at radius 3 is 2.16 bits per heavy atom. The van der Waals surface area contributed by atoms with Crippen molar-refractivity contribution in [3.63, 3.8) is 0 Å². The van der Waals surface area contributed by atoms with Crippen molar-refractivity contribution in [2.45, 2.75) is 51.3 Å². The third kappa shape index (κ3) is 3.53. The number of alkyl halides is 1. The van der Waals surface area contributed by atoms with Crippen LogP contribution in [0.15, 0.2) is 24.3 Å². The van der Waals surface area contributed by atoms with Gasteiger partial charge in [-0.3, -0.25) is 4.79 Å². The fraction of sp³-hybridized carbons (Fsp3) is 0.533. The first kappa shape index (κ1) is 15.6. The molecule has 1 rings (SSSR count). The molecule has 106 valence electrons. The third-order valence-corrected chi connectivity index (χ3v) is 3.33. The standard InChI is InChI=1S/C15H21FO3/c1-4-9-15(16,14(2,3)19)12-7-5-11(6-8-12)10-13(17)18/h5-8,19H,4,9-10H2,1-3H3,(H,17,18). The molecule has 1 atom stereocenters. The number of rotatable bonds is 6. The van der Waals surface area contributed by atoms with Crippen molar-refractivity contribution >= 4 is 5.97 Å². The van der Waals surface area contributed by atoms with Gasteiger partial charge in [0.15, 0.2) is 5.67 Å². The number of carboxylic acids is 1. The number of hydrogen-bond acceptors (Lipinski definition) is 2. The Bertz CT molecular complexity index is 434. The lowest BCUT2D eigenvalue weighted by Crippen LogP contribution is -2.43. The molecule has 0 saturated heterocycles. The van der Waals surface area contributed by atoms with Gasteiger partial charge in [-0.15, -0.1) is 0 Å². The van der Waals surface area contributed by atoms with Gasteiger partial charge in [0.1, 0.15) is 0 Å². The second-order valence-electron chi connectivity index (χ2n) is 5.38. The summed E-state index contributed by atoms with van der Waals surface area (Å²) in [7, 11) is 0. The summed E-state index contributed by atoms with van der Waals surface area (Å²) in [6, 6.07) is 6.32. The summed E-state index contributed by atoms with van der Waals surface area (Å²) in [6.45, 7) is 4.76. The van der Waals surface area contributed by atoms with Crippen molar-refractivity contribution in [1.82, 2.24) is 0 Å². The van der Waals surface area contributed by atoms with Crippen LogP contribution in [0.1, 0.15) is 44.7 Å². The molecule has 0 radical (unpaired) electrons. The highest BCUT2D eigenvalue weighted by Gasteiger charge is 2.45. The van der Waals surface area contributed by atoms with Gasteiger partial charge in [0, 0.05) is 0 Å². The second-order valence-corrected chi connectivity index (χ2v) is 5.38. The molecule has 0 aliphatic carbocycles. The van der Waals surface area contributed by atoms with Crippen LogP contribution in [0.4, 0.5) is 4.39 Å². The van der Waals surface area contributed by atoms with E-state index in [1.54, 1.807) is 24.3 Å². The SMILES string of the molecule is CCCC(F)(c1ccc(CC(=O)O)cc1)C(C)(C)O. The van der Waals surface area contributed by atoms with Crippen molar-refractivity contribution in [2.75, 3.05) is 0 Å². The van der Waals surface area contributed by atoms with E-state index in [0.29, 0.717) is 17.5 Å². The molecule has 3 nitrogen and oxygen atoms in total. The van der Waals surface area contributed by atoms with Crippen molar-refractivity contribution in [3.05, 3.63) is 35.4 Å². The third-order valence-electron chi connectivity index (χ3n) is 3.33. The minimum absolute atomic E-state index is 0.0874. The molecule has 0 saturated carbocycles. The molecule has 19 heavy (non-hydrogen) atoms. The molecule has 1 unspecified atom stereocenters. The summed E-state index contributed by atoms with van der Waals surface area (Å²) in [4.78, 5) is 10.6. The molecule has 1 aromatic rings. The summed E-state index contributed by atoms with van der Waals surface area (Å²) in [6.07, 6.45) is 0.738. The molecule has 0 spiro atoms. The lowest BCUT2D eigenvalue weighted by Gasteiger charge is -2.37. The van der Waals surface area contributed by atoms with E-state index in [0.717, 1.165) is 0 Å². The van der Waals surface area contributed by atoms with Gasteiger partial charge in [0.05, 0.1) is 12.0 Å². The highest BCUT2D eigenvalue weighted by Crippen LogP contribution is 2.41. The maximum Gasteiger partial charge on any atom is 0.307 e. The van der Waals surface area contributed by atoms with Crippen LogP contribution in [0.5, 0.6) is 0 Å². The molecular formula is C15H21FO3. The topological polar surface area (TPSA) is 57.5 Å². The normalized spacial score (nSPS) is 15.0. The van der Waals surface area contributed by atoms with Crippen LogP contribution < -0.4 is 0 Å². The Labute approximate surface area is 113 Å². The molecular weight excluding hydrogens is 247 g/mol. The van der Waals surface area contributed by atoms with Gasteiger partial charge >= 0.3 is 5.97 Å². The van der Waals surface area contributed by atoms with Crippen molar-refractivity contribution in [1.29, 1.82) is 0 Å². The molecule has 1 aromatic carbocycles. The number of carboxylic acid groups (broad SMARTS) is 1. The van der Waals surface area contributed by atoms with Crippen LogP contribution in [0, 0.1) is 0 Å². The van der Waals surface area contributed by atoms with Gasteiger partial charge in [-0.1, -0.05) is 37.6 Å². The predicted octanol–water partition coefficient (Wildman–Crippen LogP) is 3.05. The Morgan fingerprint density at radius 2 is 1.79 bits per heavy atom. The van der Waals surface area contributed by atoms with E-state index in [9.17, 15) is 9.90 Å². The van der Waals surface area contributed by atoms with Gasteiger partial charge in [0.2, 0.25) is 0 Å². The largest absolute Gasteiger partial charge is 0.481 e. The van der Waals surface area contributed by atoms with Crippen LogP contribution in [-0.4, -0.2) is 21.8 Å². The zero-order valence-corrected chi connectivity index (χ0v) is 11.6. The Hall–Kier alpha value is -1.42. The number of aliphatic hydroxyl groups is 1. The molecule has 2 N–H and O–H groups in total. The van der Waals surface area contributed by atoms with E-state index in [4.69, 9.17) is 5.11 Å². The lowest BCUT2D eigenvalue weighted by molar-refractivity contribution is -0.136. The molecule has 0 fully saturated rings. The first-order valence-electron chi connectivity index (χ1n) is 6.43. The van der Waals surface area contributed by atoms with E-state index in [2.05, 4.69) is 0 Å². The molecule has 0 aliphatic rings. The maximum absolute atomic E-state index is 15.1. The van der Waals surface area contributed by atoms with E-state index < -0.39 is 17.2 Å². The van der Waals surface area contributed by atoms with Crippen LogP contribution in [0.2, 0.25) is 0 Å². The van der Waals surface area contributed by atoms with Crippen LogP contribution >= 0.6 is 0 Å². The van der Waals surface area contributed by atoms with E-state index in [1.165, 1.54) is 13.8 Å². The number of halogens is 1. The predicted molar refractivity (Wildman–Crippen MR) is 71.8 cm³/mol. The zero-order chi connectivity index (χ0) is 14.7. The molecule has 0 heterocycles. The van der Waals surface area contributed by atoms with Crippen molar-refractivity contribution < 1.29 is 19.4 Å². The highest BCUT2D eigenvalue weighted by molar-refractivity contribution is 5.70. The minimum atomic E-state index is -1.83. The minimum Gasteiger partial charge on any atom is -0.481 e. The average Bonchev–Trinajstić information content (AvgIpc) is 2.27. The van der Waals surface area contributed by atoms with E-state index in [1.807, 2.05) is 6.92 Å². The Balaban J connectivity index is 3.08. The zero-order valence-electron chi connectivity index (χ0n) is 11.6. The van der Waals surface area contributed by atoms with Crippen LogP contribution in [0.3, 0.4) is 0 Å². The number of hydrogen-bond donors (Lipinski definition) is 2. The average molecular weight is 268 g/mol. The quantitative estimate of drug-likeness (QED) is 0.833. The van der Waals surface area contributed by atoms with Gasteiger partial charge in [0.25, 0.3) is 0 Å². The fourth-order valence-corrected chi connectivity index (χ4v) is 2.21. The first-order valence-corrected chi connectivity index (χ1v) is 6.43. The van der Waals surface area contributed by atoms with Crippen molar-refractivity contribution in [2.24, 2.45) is 0 Å². The maximum atomic E-state index is 15.1. The number of carbonyl (C=O) groups is 1. The van der Waals surface area contributed by atoms with Crippen LogP contribution in [0.25, 0.3) is 0 Å². The summed E-state index contributed by atoms with van der Waals surface area (Å²) >= 11 is 0. The summed E-state index contributed by atoms with van der Waals surface area (Å²) < 4.78 is 15.1. The Morgan fingerprint density at radius 1 is 1.26 bits per heavy atom. The first-order chi connectivity index (χ1) is 8.70. The second kappa shape index (κ2) is 5.70. The number of benzene rings is 1. The van der Waals surface area contributed by atoms with Gasteiger partial charge < -0.3 is 10.2 Å². The molecule has 0 aliphatic heterocycles. The lowest BCUT2D eigenvalue weighted by atomic mass is 9.78. The van der Waals surface area contributed by atoms with E-state index >= 15 is 4.39 Å². The van der Waals surface area contributed by atoms with Crippen LogP contribution in [-0.2, 0) is 16.9 Å². The number of aliphatic carboxylic acids is 1. The highest BCUT2D eigenvalue weighted by atomic mass is 19.1. The summed E-state index contributed by atoms with van der Waals surface area (Å²) in [5.41, 5.74) is -2.32. The molecule has 0 bridgehead atoms. The molecule has 0 amide bonds. The van der Waals surface area contributed by atoms with E-state index in [-0.39, 0.29) is 12.8 Å². The summed E-state index contributed by atoms with van der Waals surface area (Å²) in [5.74, 6) is -0.921. The fourth-order valence-electron chi connectivity index (χ4n) is 2.21. The van der Waals surface area contributed by atoms with Crippen molar-refractivity contribution in [3.8, 4) is 0 Å². The van der Waals surface area contributed by atoms with Gasteiger partial charge in [-0.05, 0) is 31.4 Å². The van der Waals surface area contributed by atoms with Gasteiger partial charge in [-0.25, -0.2) is 4.39 Å².